The van der Waals surface area contributed by atoms with Gasteiger partial charge in [-0.3, -0.25) is 4.90 Å². The number of nitrogens with zero attached hydrogens (tertiary/aromatic N) is 5. The monoisotopic (exact) mass is 647 g/mol. The Labute approximate surface area is 268 Å². The number of phenols is 1. The van der Waals surface area contributed by atoms with Crippen molar-refractivity contribution in [2.45, 2.75) is 67.4 Å². The van der Waals surface area contributed by atoms with Gasteiger partial charge in [-0.1, -0.05) is 12.0 Å². The number of phenolic OH excluding ortho intramolecular Hbond substituents is 1. The van der Waals surface area contributed by atoms with E-state index in [9.17, 15) is 19.0 Å². The number of aromatic hydroxyl groups is 1. The Morgan fingerprint density at radius 1 is 1.13 bits per heavy atom. The molecule has 3 fully saturated rings. The smallest absolute Gasteiger partial charge is 0.319 e. The third-order valence-electron chi connectivity index (χ3n) is 10.2. The van der Waals surface area contributed by atoms with Crippen LogP contribution in [0.5, 0.6) is 11.8 Å². The first-order valence-electron chi connectivity index (χ1n) is 15.6. The van der Waals surface area contributed by atoms with Gasteiger partial charge >= 0.3 is 6.01 Å². The zero-order valence-electron chi connectivity index (χ0n) is 25.2. The largest absolute Gasteiger partial charge is 0.508 e. The lowest BCUT2D eigenvalue weighted by Gasteiger charge is -2.45. The number of alkyl halides is 1. The highest BCUT2D eigenvalue weighted by Crippen LogP contribution is 2.47. The van der Waals surface area contributed by atoms with Crippen LogP contribution >= 0.6 is 11.8 Å². The summed E-state index contributed by atoms with van der Waals surface area (Å²) in [5.41, 5.74) is -1.67. The van der Waals surface area contributed by atoms with Crippen LogP contribution in [0.4, 0.5) is 19.0 Å². The summed E-state index contributed by atoms with van der Waals surface area (Å²) in [4.78, 5) is 18.3. The summed E-state index contributed by atoms with van der Waals surface area (Å²) in [6, 6.07) is 5.03. The normalized spacial score (nSPS) is 27.4. The van der Waals surface area contributed by atoms with Crippen molar-refractivity contribution >= 4 is 39.3 Å². The van der Waals surface area contributed by atoms with Gasteiger partial charge in [-0.05, 0) is 62.7 Å². The Hall–Kier alpha value is -3.79. The SMILES string of the molecule is C#Cc1c(F)ccc2cc(O)cc(-c3nc4c5c(nc(OC[C@@]67CCCN6C[C@H](F)C7)nc5c3F)N3CCC[C@@](C)(O)[C@H]3CS4)c12. The fourth-order valence-corrected chi connectivity index (χ4v) is 9.35. The van der Waals surface area contributed by atoms with Crippen molar-refractivity contribution in [1.29, 1.82) is 0 Å². The number of rotatable bonds is 4. The number of hydrogen-bond acceptors (Lipinski definition) is 9. The summed E-state index contributed by atoms with van der Waals surface area (Å²) in [6.45, 7) is 3.69. The molecule has 0 saturated carbocycles. The molecule has 0 radical (unpaired) electrons. The van der Waals surface area contributed by atoms with Crippen LogP contribution in [0.3, 0.4) is 0 Å². The highest BCUT2D eigenvalue weighted by atomic mass is 32.2. The second kappa shape index (κ2) is 10.6. The van der Waals surface area contributed by atoms with E-state index in [0.717, 1.165) is 19.4 Å². The molecule has 12 heteroatoms. The fourth-order valence-electron chi connectivity index (χ4n) is 8.01. The Balaban J connectivity index is 1.34. The van der Waals surface area contributed by atoms with E-state index in [4.69, 9.17) is 21.1 Å². The summed E-state index contributed by atoms with van der Waals surface area (Å²) in [7, 11) is 0. The van der Waals surface area contributed by atoms with E-state index < -0.39 is 28.9 Å². The molecule has 8 nitrogen and oxygen atoms in total. The van der Waals surface area contributed by atoms with Crippen LogP contribution in [0.25, 0.3) is 32.9 Å². The Kier molecular flexibility index (Phi) is 6.83. The number of thioether (sulfide) groups is 1. The van der Waals surface area contributed by atoms with Crippen molar-refractivity contribution in [2.24, 2.45) is 0 Å². The topological polar surface area (TPSA) is 94.8 Å². The van der Waals surface area contributed by atoms with Gasteiger partial charge < -0.3 is 19.8 Å². The molecule has 0 unspecified atom stereocenters. The van der Waals surface area contributed by atoms with E-state index in [1.165, 1.54) is 36.0 Å². The Bertz CT molecular complexity index is 1970. The number of anilines is 1. The molecule has 238 valence electrons. The van der Waals surface area contributed by atoms with Gasteiger partial charge in [-0.25, -0.2) is 18.2 Å². The van der Waals surface area contributed by atoms with Gasteiger partial charge in [0.2, 0.25) is 0 Å². The summed E-state index contributed by atoms with van der Waals surface area (Å²) >= 11 is 1.36. The maximum atomic E-state index is 17.0. The van der Waals surface area contributed by atoms with E-state index in [1.807, 2.05) is 4.90 Å². The van der Waals surface area contributed by atoms with E-state index in [1.54, 1.807) is 6.92 Å². The number of hydrogen-bond donors (Lipinski definition) is 2. The van der Waals surface area contributed by atoms with Gasteiger partial charge in [-0.15, -0.1) is 18.2 Å². The summed E-state index contributed by atoms with van der Waals surface area (Å²) in [5.74, 6) is 1.60. The molecule has 2 aromatic carbocycles. The molecule has 46 heavy (non-hydrogen) atoms. The van der Waals surface area contributed by atoms with Gasteiger partial charge in [0.1, 0.15) is 46.4 Å². The van der Waals surface area contributed by atoms with Crippen LogP contribution < -0.4 is 9.64 Å². The van der Waals surface area contributed by atoms with Gasteiger partial charge in [0.05, 0.1) is 28.1 Å². The predicted molar refractivity (Wildman–Crippen MR) is 170 cm³/mol. The van der Waals surface area contributed by atoms with Gasteiger partial charge in [0.25, 0.3) is 0 Å². The molecule has 6 heterocycles. The highest BCUT2D eigenvalue weighted by Gasteiger charge is 2.50. The highest BCUT2D eigenvalue weighted by molar-refractivity contribution is 7.99. The average Bonchev–Trinajstić information content (AvgIpc) is 3.49. The molecule has 2 N–H and O–H groups in total. The Morgan fingerprint density at radius 3 is 2.78 bits per heavy atom. The molecule has 0 aliphatic carbocycles. The average molecular weight is 648 g/mol. The first kappa shape index (κ1) is 29.6. The lowest BCUT2D eigenvalue weighted by atomic mass is 9.87. The van der Waals surface area contributed by atoms with E-state index in [-0.39, 0.29) is 52.1 Å². The number of ether oxygens (including phenoxy) is 1. The number of aliphatic hydroxyl groups is 1. The molecule has 4 aromatic rings. The molecule has 3 saturated heterocycles. The predicted octanol–water partition coefficient (Wildman–Crippen LogP) is 5.59. The van der Waals surface area contributed by atoms with Crippen LogP contribution in [0.1, 0.15) is 44.6 Å². The number of fused-ring (bicyclic) bond motifs is 4. The van der Waals surface area contributed by atoms with Gasteiger partial charge in [0.15, 0.2) is 5.82 Å². The number of pyridine rings is 1. The molecule has 2 aromatic heterocycles. The van der Waals surface area contributed by atoms with Crippen molar-refractivity contribution in [2.75, 3.05) is 36.9 Å². The molecule has 0 amide bonds. The maximum Gasteiger partial charge on any atom is 0.319 e. The third-order valence-corrected chi connectivity index (χ3v) is 11.3. The molecule has 0 spiro atoms. The summed E-state index contributed by atoms with van der Waals surface area (Å²) < 4.78 is 52.7. The second-order valence-electron chi connectivity index (χ2n) is 13.1. The molecule has 4 aliphatic heterocycles. The van der Waals surface area contributed by atoms with Crippen molar-refractivity contribution < 1.29 is 28.1 Å². The van der Waals surface area contributed by atoms with Crippen LogP contribution in [-0.4, -0.2) is 85.4 Å². The second-order valence-corrected chi connectivity index (χ2v) is 14.1. The summed E-state index contributed by atoms with van der Waals surface area (Å²) in [6.07, 6.45) is 8.14. The zero-order valence-corrected chi connectivity index (χ0v) is 26.0. The third kappa shape index (κ3) is 4.50. The zero-order chi connectivity index (χ0) is 32.0. The standard InChI is InChI=1S/C34H32F3N5O3S/c1-3-21-23(36)7-6-18-12-20(43)13-22(25(18)21)28-27(37)29-26-30(42-11-4-8-33(2,44)24(42)16-46-31(26)38-28)40-32(39-29)45-17-34-9-5-10-41(34)15-19(35)14-34/h1,6-7,12-13,19,24,43-44H,4-5,8-11,14-17H2,2H3/t19-,24-,33-,34+/m1/s1. The minimum absolute atomic E-state index is 0.0518. The molecule has 0 bridgehead atoms. The van der Waals surface area contributed by atoms with Gasteiger partial charge in [0, 0.05) is 36.2 Å². The first-order chi connectivity index (χ1) is 22.1. The number of aromatic nitrogens is 3. The van der Waals surface area contributed by atoms with Crippen molar-refractivity contribution in [1.82, 2.24) is 19.9 Å². The first-order valence-corrected chi connectivity index (χ1v) is 16.5. The minimum Gasteiger partial charge on any atom is -0.508 e. The fraction of sp³-hybridized carbons (Fsp3) is 0.441. The molecule has 8 rings (SSSR count). The van der Waals surface area contributed by atoms with Gasteiger partial charge in [-0.2, -0.15) is 9.97 Å². The van der Waals surface area contributed by atoms with E-state index >= 15 is 4.39 Å². The lowest BCUT2D eigenvalue weighted by Crippen LogP contribution is -2.56. The minimum atomic E-state index is -1.04. The molecule has 4 aliphatic rings. The summed E-state index contributed by atoms with van der Waals surface area (Å²) in [5, 5.41) is 23.6. The van der Waals surface area contributed by atoms with Crippen molar-refractivity contribution in [3.05, 3.63) is 41.5 Å². The number of halogens is 3. The van der Waals surface area contributed by atoms with Crippen LogP contribution in [0.15, 0.2) is 29.3 Å². The number of piperidine rings is 1. The number of terminal acetylenes is 1. The molecular weight excluding hydrogens is 615 g/mol. The quantitative estimate of drug-likeness (QED) is 0.275. The van der Waals surface area contributed by atoms with Crippen molar-refractivity contribution in [3.63, 3.8) is 0 Å². The van der Waals surface area contributed by atoms with Crippen LogP contribution in [-0.2, 0) is 0 Å². The van der Waals surface area contributed by atoms with E-state index in [2.05, 4.69) is 15.8 Å². The van der Waals surface area contributed by atoms with Crippen LogP contribution in [0.2, 0.25) is 0 Å². The Morgan fingerprint density at radius 2 is 1.96 bits per heavy atom. The van der Waals surface area contributed by atoms with Crippen molar-refractivity contribution in [3.8, 4) is 35.4 Å². The maximum absolute atomic E-state index is 17.0. The molecular formula is C34H32F3N5O3S. The van der Waals surface area contributed by atoms with E-state index in [0.29, 0.717) is 59.7 Å². The molecule has 4 atom stereocenters. The lowest BCUT2D eigenvalue weighted by molar-refractivity contribution is 0.0142. The van der Waals surface area contributed by atoms with Crippen LogP contribution in [0, 0.1) is 24.0 Å². The number of benzene rings is 2.